The Morgan fingerprint density at radius 1 is 1.08 bits per heavy atom. The third-order valence-electron chi connectivity index (χ3n) is 4.64. The first-order valence-electron chi connectivity index (χ1n) is 8.67. The van der Waals surface area contributed by atoms with Crippen molar-refractivity contribution in [3.8, 4) is 5.75 Å². The van der Waals surface area contributed by atoms with E-state index in [1.165, 1.54) is 5.56 Å². The van der Waals surface area contributed by atoms with E-state index >= 15 is 0 Å². The van der Waals surface area contributed by atoms with Crippen LogP contribution in [0.25, 0.3) is 0 Å². The maximum Gasteiger partial charge on any atom is 0.227 e. The van der Waals surface area contributed by atoms with Crippen LogP contribution in [0.5, 0.6) is 5.75 Å². The Labute approximate surface area is 144 Å². The summed E-state index contributed by atoms with van der Waals surface area (Å²) < 4.78 is 5.69. The number of fused-ring (bicyclic) bond motifs is 1. The van der Waals surface area contributed by atoms with Crippen LogP contribution in [-0.2, 0) is 11.2 Å². The van der Waals surface area contributed by atoms with Crippen molar-refractivity contribution in [2.24, 2.45) is 0 Å². The molecule has 0 fully saturated rings. The van der Waals surface area contributed by atoms with E-state index in [9.17, 15) is 4.79 Å². The van der Waals surface area contributed by atoms with Gasteiger partial charge in [0.15, 0.2) is 0 Å². The van der Waals surface area contributed by atoms with E-state index in [-0.39, 0.29) is 11.4 Å². The molecule has 0 saturated heterocycles. The van der Waals surface area contributed by atoms with Gasteiger partial charge in [-0.05, 0) is 56.9 Å². The highest BCUT2D eigenvalue weighted by molar-refractivity contribution is 5.96. The van der Waals surface area contributed by atoms with E-state index in [0.29, 0.717) is 13.0 Å². The van der Waals surface area contributed by atoms with Gasteiger partial charge in [0.2, 0.25) is 5.91 Å². The summed E-state index contributed by atoms with van der Waals surface area (Å²) in [6.45, 7) is 4.87. The summed E-state index contributed by atoms with van der Waals surface area (Å²) in [5, 5.41) is 0. The third-order valence-corrected chi connectivity index (χ3v) is 4.64. The maximum absolute atomic E-state index is 12.9. The van der Waals surface area contributed by atoms with Gasteiger partial charge in [0.05, 0.1) is 6.61 Å². The quantitative estimate of drug-likeness (QED) is 0.752. The fourth-order valence-corrected chi connectivity index (χ4v) is 3.33. The highest BCUT2D eigenvalue weighted by Gasteiger charge is 2.36. The van der Waals surface area contributed by atoms with Crippen LogP contribution in [-0.4, -0.2) is 18.1 Å². The van der Waals surface area contributed by atoms with Crippen molar-refractivity contribution >= 4 is 11.6 Å². The van der Waals surface area contributed by atoms with Crippen LogP contribution >= 0.6 is 0 Å². The van der Waals surface area contributed by atoms with Crippen LogP contribution < -0.4 is 9.64 Å². The molecule has 0 radical (unpaired) electrons. The molecule has 0 spiro atoms. The standard InChI is InChI=1S/C21H25NO2/c1-21(2)15-14-17-9-6-7-12-19(17)22(21)20(23)13-8-16-24-18-10-4-3-5-11-18/h3-7,9-12H,8,13-16H2,1-2H3. The van der Waals surface area contributed by atoms with Crippen LogP contribution in [0.1, 0.15) is 38.7 Å². The van der Waals surface area contributed by atoms with Gasteiger partial charge in [-0.1, -0.05) is 36.4 Å². The topological polar surface area (TPSA) is 29.5 Å². The van der Waals surface area contributed by atoms with E-state index < -0.39 is 0 Å². The van der Waals surface area contributed by atoms with Crippen molar-refractivity contribution < 1.29 is 9.53 Å². The van der Waals surface area contributed by atoms with Gasteiger partial charge in [0, 0.05) is 17.6 Å². The lowest BCUT2D eigenvalue weighted by atomic mass is 9.86. The molecule has 3 rings (SSSR count). The zero-order valence-corrected chi connectivity index (χ0v) is 14.5. The monoisotopic (exact) mass is 323 g/mol. The van der Waals surface area contributed by atoms with E-state index in [4.69, 9.17) is 4.74 Å². The Morgan fingerprint density at radius 3 is 2.58 bits per heavy atom. The van der Waals surface area contributed by atoms with Crippen molar-refractivity contribution in [3.63, 3.8) is 0 Å². The Hall–Kier alpha value is -2.29. The normalized spacial score (nSPS) is 15.7. The van der Waals surface area contributed by atoms with Gasteiger partial charge in [-0.25, -0.2) is 0 Å². The van der Waals surface area contributed by atoms with Crippen molar-refractivity contribution in [2.75, 3.05) is 11.5 Å². The molecule has 3 heteroatoms. The number of ether oxygens (including phenoxy) is 1. The van der Waals surface area contributed by atoms with Gasteiger partial charge >= 0.3 is 0 Å². The number of amides is 1. The fourth-order valence-electron chi connectivity index (χ4n) is 3.33. The van der Waals surface area contributed by atoms with E-state index in [1.54, 1.807) is 0 Å². The van der Waals surface area contributed by atoms with E-state index in [2.05, 4.69) is 26.0 Å². The number of benzene rings is 2. The molecule has 1 amide bonds. The largest absolute Gasteiger partial charge is 0.494 e. The Morgan fingerprint density at radius 2 is 1.79 bits per heavy atom. The second-order valence-electron chi connectivity index (χ2n) is 6.94. The smallest absolute Gasteiger partial charge is 0.227 e. The van der Waals surface area contributed by atoms with Gasteiger partial charge < -0.3 is 9.64 Å². The number of hydrogen-bond donors (Lipinski definition) is 0. The summed E-state index contributed by atoms with van der Waals surface area (Å²) in [6, 6.07) is 18.0. The molecule has 126 valence electrons. The molecule has 0 saturated carbocycles. The molecule has 24 heavy (non-hydrogen) atoms. The Bertz CT molecular complexity index is 694. The van der Waals surface area contributed by atoms with Crippen molar-refractivity contribution in [1.82, 2.24) is 0 Å². The number of hydrogen-bond acceptors (Lipinski definition) is 2. The van der Waals surface area contributed by atoms with Crippen LogP contribution in [0.4, 0.5) is 5.69 Å². The molecule has 2 aromatic rings. The van der Waals surface area contributed by atoms with Crippen molar-refractivity contribution in [3.05, 3.63) is 60.2 Å². The molecule has 0 unspecified atom stereocenters. The second kappa shape index (κ2) is 7.08. The molecule has 0 bridgehead atoms. The summed E-state index contributed by atoms with van der Waals surface area (Å²) in [5.74, 6) is 1.04. The number of aryl methyl sites for hydroxylation is 1. The molecule has 1 heterocycles. The van der Waals surface area contributed by atoms with Gasteiger partial charge in [0.1, 0.15) is 5.75 Å². The Balaban J connectivity index is 1.61. The molecular formula is C21H25NO2. The van der Waals surface area contributed by atoms with E-state index in [0.717, 1.165) is 30.7 Å². The lowest BCUT2D eigenvalue weighted by molar-refractivity contribution is -0.120. The number of para-hydroxylation sites is 2. The lowest BCUT2D eigenvalue weighted by Crippen LogP contribution is -2.51. The number of nitrogens with zero attached hydrogens (tertiary/aromatic N) is 1. The minimum atomic E-state index is -0.133. The predicted molar refractivity (Wildman–Crippen MR) is 97.5 cm³/mol. The summed E-state index contributed by atoms with van der Waals surface area (Å²) >= 11 is 0. The SMILES string of the molecule is CC1(C)CCc2ccccc2N1C(=O)CCCOc1ccccc1. The molecular weight excluding hydrogens is 298 g/mol. The molecule has 2 aromatic carbocycles. The first kappa shape index (κ1) is 16.6. The summed E-state index contributed by atoms with van der Waals surface area (Å²) in [6.07, 6.45) is 3.26. The highest BCUT2D eigenvalue weighted by Crippen LogP contribution is 2.37. The summed E-state index contributed by atoms with van der Waals surface area (Å²) in [4.78, 5) is 14.9. The zero-order valence-electron chi connectivity index (χ0n) is 14.5. The van der Waals surface area contributed by atoms with Crippen molar-refractivity contribution in [1.29, 1.82) is 0 Å². The van der Waals surface area contributed by atoms with E-state index in [1.807, 2.05) is 47.4 Å². The second-order valence-corrected chi connectivity index (χ2v) is 6.94. The minimum absolute atomic E-state index is 0.133. The van der Waals surface area contributed by atoms with Crippen LogP contribution in [0.3, 0.4) is 0 Å². The fraction of sp³-hybridized carbons (Fsp3) is 0.381. The van der Waals surface area contributed by atoms with Crippen molar-refractivity contribution in [2.45, 2.75) is 45.1 Å². The molecule has 1 aliphatic heterocycles. The molecule has 0 N–H and O–H groups in total. The summed E-state index contributed by atoms with van der Waals surface area (Å²) in [7, 11) is 0. The molecule has 0 atom stereocenters. The highest BCUT2D eigenvalue weighted by atomic mass is 16.5. The van der Waals surface area contributed by atoms with Gasteiger partial charge in [-0.2, -0.15) is 0 Å². The van der Waals surface area contributed by atoms with Crippen LogP contribution in [0.2, 0.25) is 0 Å². The first-order valence-corrected chi connectivity index (χ1v) is 8.67. The Kier molecular flexibility index (Phi) is 4.89. The average Bonchev–Trinajstić information content (AvgIpc) is 2.59. The number of anilines is 1. The predicted octanol–water partition coefficient (Wildman–Crippen LogP) is 4.60. The maximum atomic E-state index is 12.9. The van der Waals surface area contributed by atoms with Gasteiger partial charge in [0.25, 0.3) is 0 Å². The average molecular weight is 323 g/mol. The molecule has 3 nitrogen and oxygen atoms in total. The van der Waals surface area contributed by atoms with Gasteiger partial charge in [-0.3, -0.25) is 4.79 Å². The third kappa shape index (κ3) is 3.61. The minimum Gasteiger partial charge on any atom is -0.494 e. The summed E-state index contributed by atoms with van der Waals surface area (Å²) in [5.41, 5.74) is 2.21. The van der Waals surface area contributed by atoms with Crippen LogP contribution in [0, 0.1) is 0 Å². The van der Waals surface area contributed by atoms with Crippen LogP contribution in [0.15, 0.2) is 54.6 Å². The number of carbonyl (C=O) groups excluding carboxylic acids is 1. The molecule has 0 aliphatic carbocycles. The lowest BCUT2D eigenvalue weighted by Gasteiger charge is -2.43. The number of rotatable bonds is 5. The zero-order chi connectivity index (χ0) is 17.0. The molecule has 0 aromatic heterocycles. The number of carbonyl (C=O) groups is 1. The van der Waals surface area contributed by atoms with Gasteiger partial charge in [-0.15, -0.1) is 0 Å². The molecule has 1 aliphatic rings. The first-order chi connectivity index (χ1) is 11.6.